The van der Waals surface area contributed by atoms with Crippen LogP contribution in [0.2, 0.25) is 5.02 Å². The maximum Gasteiger partial charge on any atom is 0.325 e. The van der Waals surface area contributed by atoms with Gasteiger partial charge in [0.05, 0.1) is 4.90 Å². The van der Waals surface area contributed by atoms with Crippen LogP contribution in [0.4, 0.5) is 0 Å². The summed E-state index contributed by atoms with van der Waals surface area (Å²) in [6.07, 6.45) is 1.44. The van der Waals surface area contributed by atoms with Crippen LogP contribution in [0.25, 0.3) is 10.9 Å². The second-order valence-electron chi connectivity index (χ2n) is 7.44. The zero-order valence-electron chi connectivity index (χ0n) is 15.3. The van der Waals surface area contributed by atoms with Crippen LogP contribution >= 0.6 is 11.6 Å². The van der Waals surface area contributed by atoms with Crippen molar-refractivity contribution in [2.45, 2.75) is 35.8 Å². The Morgan fingerprint density at radius 3 is 2.61 bits per heavy atom. The number of aromatic amines is 1. The molecule has 2 aromatic carbocycles. The lowest BCUT2D eigenvalue weighted by molar-refractivity contribution is -0.141. The predicted octanol–water partition coefficient (Wildman–Crippen LogP) is 4.24. The van der Waals surface area contributed by atoms with Crippen molar-refractivity contribution in [1.82, 2.24) is 4.98 Å². The SMILES string of the molecule is CC(C(=O)O)(C1CCc2c([nH]c3ccc(Cl)cc23)C1)S(=O)(=O)c1ccccc1. The molecule has 2 atom stereocenters. The molecule has 28 heavy (non-hydrogen) atoms. The van der Waals surface area contributed by atoms with E-state index in [4.69, 9.17) is 11.6 Å². The number of rotatable bonds is 4. The smallest absolute Gasteiger partial charge is 0.325 e. The Hall–Kier alpha value is -2.31. The van der Waals surface area contributed by atoms with Gasteiger partial charge >= 0.3 is 5.97 Å². The molecular weight excluding hydrogens is 398 g/mol. The van der Waals surface area contributed by atoms with Crippen LogP contribution < -0.4 is 0 Å². The number of aryl methyl sites for hydroxylation is 1. The Bertz CT molecular complexity index is 1170. The van der Waals surface area contributed by atoms with Gasteiger partial charge in [-0.3, -0.25) is 4.79 Å². The zero-order chi connectivity index (χ0) is 20.1. The summed E-state index contributed by atoms with van der Waals surface area (Å²) < 4.78 is 24.7. The summed E-state index contributed by atoms with van der Waals surface area (Å²) in [5, 5.41) is 11.7. The average Bonchev–Trinajstić information content (AvgIpc) is 3.04. The van der Waals surface area contributed by atoms with E-state index in [-0.39, 0.29) is 4.90 Å². The molecule has 1 aliphatic carbocycles. The Morgan fingerprint density at radius 2 is 1.93 bits per heavy atom. The first-order valence-electron chi connectivity index (χ1n) is 9.07. The molecule has 0 radical (unpaired) electrons. The Balaban J connectivity index is 1.78. The van der Waals surface area contributed by atoms with Gasteiger partial charge in [-0.05, 0) is 68.0 Å². The van der Waals surface area contributed by atoms with Crippen LogP contribution in [0, 0.1) is 5.92 Å². The average molecular weight is 418 g/mol. The number of aliphatic carboxylic acids is 1. The predicted molar refractivity (Wildman–Crippen MR) is 108 cm³/mol. The first kappa shape index (κ1) is 19.0. The van der Waals surface area contributed by atoms with Crippen molar-refractivity contribution in [3.05, 3.63) is 64.8 Å². The van der Waals surface area contributed by atoms with E-state index in [1.165, 1.54) is 19.1 Å². The number of carbonyl (C=O) groups is 1. The van der Waals surface area contributed by atoms with Crippen molar-refractivity contribution in [2.75, 3.05) is 0 Å². The van der Waals surface area contributed by atoms with Crippen molar-refractivity contribution in [2.24, 2.45) is 5.92 Å². The molecule has 0 aliphatic heterocycles. The van der Waals surface area contributed by atoms with E-state index < -0.39 is 26.5 Å². The molecule has 0 saturated carbocycles. The van der Waals surface area contributed by atoms with E-state index in [9.17, 15) is 18.3 Å². The highest BCUT2D eigenvalue weighted by Crippen LogP contribution is 2.42. The summed E-state index contributed by atoms with van der Waals surface area (Å²) >= 11 is 6.12. The van der Waals surface area contributed by atoms with Crippen LogP contribution in [-0.4, -0.2) is 29.2 Å². The van der Waals surface area contributed by atoms with Gasteiger partial charge in [-0.15, -0.1) is 0 Å². The Kier molecular flexibility index (Phi) is 4.51. The molecule has 0 amide bonds. The van der Waals surface area contributed by atoms with Gasteiger partial charge in [0.15, 0.2) is 14.6 Å². The fourth-order valence-corrected chi connectivity index (χ4v) is 6.27. The monoisotopic (exact) mass is 417 g/mol. The Labute approximate surface area is 168 Å². The van der Waals surface area contributed by atoms with E-state index in [0.717, 1.165) is 22.2 Å². The molecule has 1 heterocycles. The van der Waals surface area contributed by atoms with Gasteiger partial charge in [-0.1, -0.05) is 29.8 Å². The maximum absolute atomic E-state index is 13.3. The third-order valence-electron chi connectivity index (χ3n) is 5.97. The van der Waals surface area contributed by atoms with Gasteiger partial charge in [0.2, 0.25) is 0 Å². The number of fused-ring (bicyclic) bond motifs is 3. The largest absolute Gasteiger partial charge is 0.480 e. The van der Waals surface area contributed by atoms with Crippen LogP contribution in [0.3, 0.4) is 0 Å². The normalized spacial score (nSPS) is 19.1. The van der Waals surface area contributed by atoms with Crippen molar-refractivity contribution in [1.29, 1.82) is 0 Å². The number of nitrogens with one attached hydrogen (secondary N) is 1. The van der Waals surface area contributed by atoms with Gasteiger partial charge in [0.25, 0.3) is 0 Å². The van der Waals surface area contributed by atoms with E-state index in [1.807, 2.05) is 12.1 Å². The Morgan fingerprint density at radius 1 is 1.21 bits per heavy atom. The van der Waals surface area contributed by atoms with Crippen LogP contribution in [0.15, 0.2) is 53.4 Å². The minimum Gasteiger partial charge on any atom is -0.480 e. The number of halogens is 1. The molecule has 0 saturated heterocycles. The highest BCUT2D eigenvalue weighted by atomic mass is 35.5. The number of sulfone groups is 1. The second kappa shape index (κ2) is 6.64. The third kappa shape index (κ3) is 2.74. The summed E-state index contributed by atoms with van der Waals surface area (Å²) in [6, 6.07) is 13.4. The second-order valence-corrected chi connectivity index (χ2v) is 10.2. The van der Waals surface area contributed by atoms with Gasteiger partial charge in [-0.2, -0.15) is 0 Å². The van der Waals surface area contributed by atoms with Crippen molar-refractivity contribution < 1.29 is 18.3 Å². The van der Waals surface area contributed by atoms with Gasteiger partial charge in [0, 0.05) is 21.6 Å². The topological polar surface area (TPSA) is 87.2 Å². The van der Waals surface area contributed by atoms with Crippen LogP contribution in [0.5, 0.6) is 0 Å². The quantitative estimate of drug-likeness (QED) is 0.664. The summed E-state index contributed by atoms with van der Waals surface area (Å²) in [5.74, 6) is -1.87. The lowest BCUT2D eigenvalue weighted by atomic mass is 9.79. The first-order valence-corrected chi connectivity index (χ1v) is 10.9. The maximum atomic E-state index is 13.3. The number of H-pyrrole nitrogens is 1. The molecule has 7 heteroatoms. The van der Waals surface area contributed by atoms with Crippen LogP contribution in [-0.2, 0) is 27.5 Å². The standard InChI is InChI=1S/C21H20ClNO4S/c1-21(20(24)25,28(26,27)15-5-3-2-4-6-15)13-7-9-16-17-12-14(22)8-10-18(17)23-19(16)11-13/h2-6,8,10,12-13,23H,7,9,11H2,1H3,(H,24,25). The van der Waals surface area contributed by atoms with Crippen molar-refractivity contribution in [3.8, 4) is 0 Å². The molecule has 1 aliphatic rings. The molecular formula is C21H20ClNO4S. The van der Waals surface area contributed by atoms with E-state index in [2.05, 4.69) is 4.98 Å². The molecule has 0 spiro atoms. The third-order valence-corrected chi connectivity index (χ3v) is 8.72. The van der Waals surface area contributed by atoms with Gasteiger partial charge in [-0.25, -0.2) is 8.42 Å². The summed E-state index contributed by atoms with van der Waals surface area (Å²) in [5.41, 5.74) is 2.92. The van der Waals surface area contributed by atoms with Crippen molar-refractivity contribution in [3.63, 3.8) is 0 Å². The number of benzene rings is 2. The molecule has 2 unspecified atom stereocenters. The first-order chi connectivity index (χ1) is 13.2. The van der Waals surface area contributed by atoms with Crippen LogP contribution in [0.1, 0.15) is 24.6 Å². The lowest BCUT2D eigenvalue weighted by Gasteiger charge is -2.35. The highest BCUT2D eigenvalue weighted by Gasteiger charge is 2.54. The van der Waals surface area contributed by atoms with Gasteiger partial charge < -0.3 is 10.1 Å². The number of carboxylic acids is 1. The van der Waals surface area contributed by atoms with E-state index >= 15 is 0 Å². The van der Waals surface area contributed by atoms with E-state index in [0.29, 0.717) is 24.3 Å². The molecule has 4 rings (SSSR count). The van der Waals surface area contributed by atoms with E-state index in [1.54, 1.807) is 24.3 Å². The molecule has 5 nitrogen and oxygen atoms in total. The molecule has 0 fully saturated rings. The fraction of sp³-hybridized carbons (Fsp3) is 0.286. The number of hydrogen-bond donors (Lipinski definition) is 2. The molecule has 146 valence electrons. The molecule has 2 N–H and O–H groups in total. The number of aromatic nitrogens is 1. The number of hydrogen-bond acceptors (Lipinski definition) is 3. The molecule has 3 aromatic rings. The van der Waals surface area contributed by atoms with Crippen molar-refractivity contribution >= 4 is 38.3 Å². The zero-order valence-corrected chi connectivity index (χ0v) is 16.8. The minimum atomic E-state index is -4.07. The molecule has 1 aromatic heterocycles. The fourth-order valence-electron chi connectivity index (χ4n) is 4.23. The lowest BCUT2D eigenvalue weighted by Crippen LogP contribution is -2.51. The number of carboxylic acid groups (broad SMARTS) is 1. The summed E-state index contributed by atoms with van der Waals surface area (Å²) in [6.45, 7) is 1.34. The highest BCUT2D eigenvalue weighted by molar-refractivity contribution is 7.93. The molecule has 0 bridgehead atoms. The minimum absolute atomic E-state index is 0.0362. The summed E-state index contributed by atoms with van der Waals surface area (Å²) in [7, 11) is -4.07. The van der Waals surface area contributed by atoms with Gasteiger partial charge in [0.1, 0.15) is 0 Å². The summed E-state index contributed by atoms with van der Waals surface area (Å²) in [4.78, 5) is 15.6.